The van der Waals surface area contributed by atoms with Crippen LogP contribution in [0.1, 0.15) is 45.4 Å². The molecule has 0 aromatic heterocycles. The molecule has 3 N–H and O–H groups in total. The summed E-state index contributed by atoms with van der Waals surface area (Å²) in [6, 6.07) is 5.07. The SMILES string of the molecule is CCC(=O)C(=O)Nc1ccc(OC2CCCCC2)c(N)c1. The van der Waals surface area contributed by atoms with Gasteiger partial charge in [-0.2, -0.15) is 0 Å². The Labute approximate surface area is 124 Å². The molecule has 1 aromatic carbocycles. The molecule has 114 valence electrons. The van der Waals surface area contributed by atoms with Crippen LogP contribution in [-0.4, -0.2) is 17.8 Å². The molecule has 1 aliphatic carbocycles. The van der Waals surface area contributed by atoms with Crippen molar-refractivity contribution in [2.24, 2.45) is 0 Å². The number of hydrogen-bond acceptors (Lipinski definition) is 4. The van der Waals surface area contributed by atoms with E-state index in [0.717, 1.165) is 12.8 Å². The van der Waals surface area contributed by atoms with Crippen LogP contribution in [0.3, 0.4) is 0 Å². The molecule has 0 unspecified atom stereocenters. The van der Waals surface area contributed by atoms with Crippen molar-refractivity contribution in [3.63, 3.8) is 0 Å². The van der Waals surface area contributed by atoms with Crippen LogP contribution in [0.15, 0.2) is 18.2 Å². The maximum atomic E-state index is 11.5. The third-order valence-electron chi connectivity index (χ3n) is 3.69. The highest BCUT2D eigenvalue weighted by atomic mass is 16.5. The maximum absolute atomic E-state index is 11.5. The van der Waals surface area contributed by atoms with Crippen LogP contribution in [0.4, 0.5) is 11.4 Å². The molecule has 0 radical (unpaired) electrons. The minimum Gasteiger partial charge on any atom is -0.488 e. The molecule has 0 atom stereocenters. The van der Waals surface area contributed by atoms with Gasteiger partial charge in [0, 0.05) is 12.1 Å². The lowest BCUT2D eigenvalue weighted by atomic mass is 9.98. The molecule has 5 heteroatoms. The third-order valence-corrected chi connectivity index (χ3v) is 3.69. The Morgan fingerprint density at radius 1 is 1.29 bits per heavy atom. The summed E-state index contributed by atoms with van der Waals surface area (Å²) in [7, 11) is 0. The van der Waals surface area contributed by atoms with E-state index in [0.29, 0.717) is 17.1 Å². The Morgan fingerprint density at radius 3 is 2.62 bits per heavy atom. The first-order chi connectivity index (χ1) is 10.1. The van der Waals surface area contributed by atoms with Gasteiger partial charge >= 0.3 is 0 Å². The number of nitrogens with one attached hydrogen (secondary N) is 1. The number of carbonyl (C=O) groups is 2. The van der Waals surface area contributed by atoms with E-state index in [1.807, 2.05) is 0 Å². The van der Waals surface area contributed by atoms with Crippen LogP contribution in [0, 0.1) is 0 Å². The molecule has 2 rings (SSSR count). The van der Waals surface area contributed by atoms with Gasteiger partial charge < -0.3 is 15.8 Å². The molecule has 0 saturated heterocycles. The second kappa shape index (κ2) is 7.11. The molecule has 5 nitrogen and oxygen atoms in total. The Kier molecular flexibility index (Phi) is 5.20. The van der Waals surface area contributed by atoms with E-state index in [1.54, 1.807) is 25.1 Å². The normalized spacial score (nSPS) is 15.5. The van der Waals surface area contributed by atoms with Gasteiger partial charge in [0.2, 0.25) is 5.78 Å². The van der Waals surface area contributed by atoms with Crippen LogP contribution in [-0.2, 0) is 9.59 Å². The number of nitrogen functional groups attached to an aromatic ring is 1. The summed E-state index contributed by atoms with van der Waals surface area (Å²) in [5, 5.41) is 2.54. The molecule has 1 aliphatic rings. The standard InChI is InChI=1S/C16H22N2O3/c1-2-14(19)16(20)18-11-8-9-15(13(17)10-11)21-12-6-4-3-5-7-12/h8-10,12H,2-7,17H2,1H3,(H,18,20). The van der Waals surface area contributed by atoms with E-state index in [-0.39, 0.29) is 12.5 Å². The summed E-state index contributed by atoms with van der Waals surface area (Å²) in [6.45, 7) is 1.65. The quantitative estimate of drug-likeness (QED) is 0.645. The summed E-state index contributed by atoms with van der Waals surface area (Å²) < 4.78 is 5.91. The van der Waals surface area contributed by atoms with Crippen molar-refractivity contribution in [3.8, 4) is 5.75 Å². The summed E-state index contributed by atoms with van der Waals surface area (Å²) in [4.78, 5) is 22.8. The van der Waals surface area contributed by atoms with Crippen molar-refractivity contribution in [2.75, 3.05) is 11.1 Å². The number of rotatable bonds is 5. The largest absolute Gasteiger partial charge is 0.488 e. The second-order valence-electron chi connectivity index (χ2n) is 5.36. The van der Waals surface area contributed by atoms with Crippen LogP contribution in [0.25, 0.3) is 0 Å². The Hall–Kier alpha value is -2.04. The number of amides is 1. The van der Waals surface area contributed by atoms with Gasteiger partial charge in [-0.05, 0) is 43.9 Å². The lowest BCUT2D eigenvalue weighted by Gasteiger charge is -2.23. The summed E-state index contributed by atoms with van der Waals surface area (Å²) in [6.07, 6.45) is 6.18. The molecule has 1 aromatic rings. The van der Waals surface area contributed by atoms with Crippen molar-refractivity contribution in [1.29, 1.82) is 0 Å². The van der Waals surface area contributed by atoms with Crippen LogP contribution in [0.2, 0.25) is 0 Å². The first-order valence-corrected chi connectivity index (χ1v) is 7.50. The third kappa shape index (κ3) is 4.21. The lowest BCUT2D eigenvalue weighted by molar-refractivity contribution is -0.134. The fourth-order valence-electron chi connectivity index (χ4n) is 2.46. The summed E-state index contributed by atoms with van der Waals surface area (Å²) in [5.74, 6) is -0.421. The second-order valence-corrected chi connectivity index (χ2v) is 5.36. The molecular formula is C16H22N2O3. The van der Waals surface area contributed by atoms with E-state index in [2.05, 4.69) is 5.32 Å². The van der Waals surface area contributed by atoms with Crippen molar-refractivity contribution >= 4 is 23.1 Å². The number of Topliss-reactive ketones (excluding diaryl/α,β-unsaturated/α-hetero) is 1. The van der Waals surface area contributed by atoms with Gasteiger partial charge in [0.15, 0.2) is 0 Å². The molecule has 1 fully saturated rings. The van der Waals surface area contributed by atoms with Gasteiger partial charge in [-0.1, -0.05) is 13.3 Å². The zero-order chi connectivity index (χ0) is 15.2. The van der Waals surface area contributed by atoms with E-state index in [4.69, 9.17) is 10.5 Å². The minimum absolute atomic E-state index is 0.185. The summed E-state index contributed by atoms with van der Waals surface area (Å²) in [5.41, 5.74) is 6.95. The lowest BCUT2D eigenvalue weighted by Crippen LogP contribution is -2.22. The highest BCUT2D eigenvalue weighted by Gasteiger charge is 2.17. The number of hydrogen-bond donors (Lipinski definition) is 2. The van der Waals surface area contributed by atoms with Crippen LogP contribution in [0.5, 0.6) is 5.75 Å². The topological polar surface area (TPSA) is 81.4 Å². The molecule has 21 heavy (non-hydrogen) atoms. The predicted molar refractivity (Wildman–Crippen MR) is 82.3 cm³/mol. The summed E-state index contributed by atoms with van der Waals surface area (Å²) >= 11 is 0. The number of ketones is 1. The average molecular weight is 290 g/mol. The number of nitrogens with two attached hydrogens (primary N) is 1. The fraction of sp³-hybridized carbons (Fsp3) is 0.500. The Bertz CT molecular complexity index is 522. The van der Waals surface area contributed by atoms with Gasteiger partial charge in [0.05, 0.1) is 11.8 Å². The Morgan fingerprint density at radius 2 is 2.00 bits per heavy atom. The molecule has 0 aliphatic heterocycles. The predicted octanol–water partition coefficient (Wildman–Crippen LogP) is 2.90. The zero-order valence-electron chi connectivity index (χ0n) is 12.4. The molecule has 0 heterocycles. The van der Waals surface area contributed by atoms with Gasteiger partial charge in [0.1, 0.15) is 5.75 Å². The first-order valence-electron chi connectivity index (χ1n) is 7.50. The van der Waals surface area contributed by atoms with Crippen molar-refractivity contribution in [1.82, 2.24) is 0 Å². The smallest absolute Gasteiger partial charge is 0.291 e. The van der Waals surface area contributed by atoms with E-state index in [9.17, 15) is 9.59 Å². The molecule has 1 saturated carbocycles. The number of ether oxygens (including phenoxy) is 1. The monoisotopic (exact) mass is 290 g/mol. The molecule has 1 amide bonds. The van der Waals surface area contributed by atoms with Gasteiger partial charge in [-0.15, -0.1) is 0 Å². The zero-order valence-corrected chi connectivity index (χ0v) is 12.4. The number of benzene rings is 1. The number of carbonyl (C=O) groups excluding carboxylic acids is 2. The minimum atomic E-state index is -0.613. The van der Waals surface area contributed by atoms with E-state index < -0.39 is 11.7 Å². The average Bonchev–Trinajstić information content (AvgIpc) is 2.50. The molecular weight excluding hydrogens is 268 g/mol. The van der Waals surface area contributed by atoms with Crippen molar-refractivity contribution in [3.05, 3.63) is 18.2 Å². The van der Waals surface area contributed by atoms with Gasteiger partial charge in [0.25, 0.3) is 5.91 Å². The molecule has 0 bridgehead atoms. The van der Waals surface area contributed by atoms with Crippen molar-refractivity contribution < 1.29 is 14.3 Å². The maximum Gasteiger partial charge on any atom is 0.291 e. The van der Waals surface area contributed by atoms with Crippen LogP contribution >= 0.6 is 0 Å². The fourth-order valence-corrected chi connectivity index (χ4v) is 2.46. The van der Waals surface area contributed by atoms with Crippen molar-refractivity contribution in [2.45, 2.75) is 51.6 Å². The van der Waals surface area contributed by atoms with E-state index >= 15 is 0 Å². The highest BCUT2D eigenvalue weighted by Crippen LogP contribution is 2.29. The van der Waals surface area contributed by atoms with Crippen LogP contribution < -0.4 is 15.8 Å². The highest BCUT2D eigenvalue weighted by molar-refractivity contribution is 6.40. The first kappa shape index (κ1) is 15.4. The molecule has 0 spiro atoms. The van der Waals surface area contributed by atoms with Gasteiger partial charge in [-0.3, -0.25) is 9.59 Å². The van der Waals surface area contributed by atoms with Gasteiger partial charge in [-0.25, -0.2) is 0 Å². The number of anilines is 2. The Balaban J connectivity index is 1.99. The van der Waals surface area contributed by atoms with E-state index in [1.165, 1.54) is 19.3 Å².